The summed E-state index contributed by atoms with van der Waals surface area (Å²) >= 11 is 0. The summed E-state index contributed by atoms with van der Waals surface area (Å²) in [5.41, 5.74) is 0. The highest BCUT2D eigenvalue weighted by Crippen LogP contribution is 1.75. The molecule has 0 aromatic heterocycles. The van der Waals surface area contributed by atoms with Crippen molar-refractivity contribution < 1.29 is 4.90 Å². The third-order valence-electron chi connectivity index (χ3n) is 1.74. The van der Waals surface area contributed by atoms with Crippen molar-refractivity contribution in [3.63, 3.8) is 0 Å². The lowest BCUT2D eigenvalue weighted by Gasteiger charge is -2.21. The Morgan fingerprint density at radius 1 is 1.20 bits per heavy atom. The second-order valence-electron chi connectivity index (χ2n) is 3.20. The summed E-state index contributed by atoms with van der Waals surface area (Å²) in [6, 6.07) is 1.13. The fraction of sp³-hybridized carbons (Fsp3) is 0.875. The van der Waals surface area contributed by atoms with Crippen molar-refractivity contribution in [2.45, 2.75) is 39.8 Å². The van der Waals surface area contributed by atoms with E-state index in [1.165, 1.54) is 4.90 Å². The SMILES string of the molecule is [C-]#[N+]C[NH+](C(C)C)C(C)C. The number of hydrogen-bond acceptors (Lipinski definition) is 0. The Bertz CT molecular complexity index is 114. The van der Waals surface area contributed by atoms with Crippen LogP contribution in [0, 0.1) is 6.57 Å². The first-order chi connectivity index (χ1) is 4.59. The molecule has 0 amide bonds. The van der Waals surface area contributed by atoms with Gasteiger partial charge in [-0.05, 0) is 27.7 Å². The molecule has 0 spiro atoms. The van der Waals surface area contributed by atoms with Gasteiger partial charge in [-0.2, -0.15) is 0 Å². The highest BCUT2D eigenvalue weighted by molar-refractivity contribution is 4.49. The first-order valence-corrected chi connectivity index (χ1v) is 3.78. The summed E-state index contributed by atoms with van der Waals surface area (Å²) in [5.74, 6) is 0. The largest absolute Gasteiger partial charge is 0.338 e. The molecule has 0 atom stereocenters. The monoisotopic (exact) mass is 141 g/mol. The lowest BCUT2D eigenvalue weighted by Crippen LogP contribution is -3.17. The highest BCUT2D eigenvalue weighted by atomic mass is 15.2. The molecule has 0 aliphatic carbocycles. The molecule has 0 aromatic carbocycles. The molecule has 0 saturated carbocycles. The molecule has 58 valence electrons. The maximum atomic E-state index is 6.72. The summed E-state index contributed by atoms with van der Waals surface area (Å²) in [7, 11) is 0. The molecule has 10 heavy (non-hydrogen) atoms. The lowest BCUT2D eigenvalue weighted by molar-refractivity contribution is -0.937. The van der Waals surface area contributed by atoms with Crippen LogP contribution in [-0.4, -0.2) is 18.8 Å². The van der Waals surface area contributed by atoms with Gasteiger partial charge < -0.3 is 0 Å². The standard InChI is InChI=1S/C8H16N2/c1-7(2)10(6-9-5)8(3)4/h7-8H,6H2,1-4H3/p+1. The number of nitrogens with one attached hydrogen (secondary N) is 1. The van der Waals surface area contributed by atoms with Gasteiger partial charge >= 0.3 is 6.67 Å². The minimum Gasteiger partial charge on any atom is -0.264 e. The Balaban J connectivity index is 3.88. The summed E-state index contributed by atoms with van der Waals surface area (Å²) < 4.78 is 0. The van der Waals surface area contributed by atoms with Crippen LogP contribution in [0.4, 0.5) is 0 Å². The summed E-state index contributed by atoms with van der Waals surface area (Å²) in [6.45, 7) is 15.9. The fourth-order valence-corrected chi connectivity index (χ4v) is 1.12. The second kappa shape index (κ2) is 4.29. The highest BCUT2D eigenvalue weighted by Gasteiger charge is 2.17. The zero-order valence-electron chi connectivity index (χ0n) is 7.31. The maximum Gasteiger partial charge on any atom is 0.338 e. The van der Waals surface area contributed by atoms with Crippen molar-refractivity contribution in [2.24, 2.45) is 0 Å². The summed E-state index contributed by atoms with van der Waals surface area (Å²) in [5, 5.41) is 0. The van der Waals surface area contributed by atoms with Crippen LogP contribution >= 0.6 is 0 Å². The van der Waals surface area contributed by atoms with E-state index in [-0.39, 0.29) is 0 Å². The van der Waals surface area contributed by atoms with E-state index >= 15 is 0 Å². The van der Waals surface area contributed by atoms with Gasteiger partial charge in [-0.1, -0.05) is 0 Å². The van der Waals surface area contributed by atoms with Gasteiger partial charge in [-0.25, -0.2) is 6.57 Å². The molecule has 0 rings (SSSR count). The predicted octanol–water partition coefficient (Wildman–Crippen LogP) is 0.565. The van der Waals surface area contributed by atoms with Gasteiger partial charge in [0.25, 0.3) is 0 Å². The van der Waals surface area contributed by atoms with Crippen molar-refractivity contribution in [1.82, 2.24) is 0 Å². The molecular weight excluding hydrogens is 124 g/mol. The van der Waals surface area contributed by atoms with E-state index in [1.54, 1.807) is 0 Å². The molecule has 2 heteroatoms. The van der Waals surface area contributed by atoms with E-state index in [1.807, 2.05) is 0 Å². The van der Waals surface area contributed by atoms with Gasteiger partial charge in [-0.3, -0.25) is 9.74 Å². The van der Waals surface area contributed by atoms with Crippen molar-refractivity contribution >= 4 is 0 Å². The Labute approximate surface area is 63.7 Å². The Morgan fingerprint density at radius 3 is 1.70 bits per heavy atom. The fourth-order valence-electron chi connectivity index (χ4n) is 1.12. The molecule has 0 fully saturated rings. The van der Waals surface area contributed by atoms with Crippen molar-refractivity contribution in [2.75, 3.05) is 6.67 Å². The van der Waals surface area contributed by atoms with Gasteiger partial charge in [0.15, 0.2) is 0 Å². The summed E-state index contributed by atoms with van der Waals surface area (Å²) in [4.78, 5) is 4.76. The van der Waals surface area contributed by atoms with Crippen molar-refractivity contribution in [1.29, 1.82) is 0 Å². The maximum absolute atomic E-state index is 6.72. The van der Waals surface area contributed by atoms with Gasteiger partial charge in [0.2, 0.25) is 0 Å². The number of rotatable bonds is 3. The van der Waals surface area contributed by atoms with Crippen LogP contribution in [0.25, 0.3) is 4.85 Å². The van der Waals surface area contributed by atoms with Crippen LogP contribution in [-0.2, 0) is 0 Å². The van der Waals surface area contributed by atoms with Crippen molar-refractivity contribution in [3.8, 4) is 0 Å². The van der Waals surface area contributed by atoms with E-state index in [9.17, 15) is 0 Å². The number of nitrogens with zero attached hydrogens (tertiary/aromatic N) is 1. The molecule has 0 bridgehead atoms. The Hall–Kier alpha value is -0.550. The molecule has 0 heterocycles. The minimum atomic E-state index is 0.564. The zero-order chi connectivity index (χ0) is 8.15. The molecule has 1 N–H and O–H groups in total. The van der Waals surface area contributed by atoms with Crippen LogP contribution in [0.5, 0.6) is 0 Å². The van der Waals surface area contributed by atoms with E-state index in [0.29, 0.717) is 18.8 Å². The normalized spacial score (nSPS) is 11.0. The lowest BCUT2D eigenvalue weighted by atomic mass is 10.2. The van der Waals surface area contributed by atoms with E-state index in [4.69, 9.17) is 6.57 Å². The molecule has 0 aliphatic heterocycles. The van der Waals surface area contributed by atoms with Crippen LogP contribution in [0.15, 0.2) is 0 Å². The van der Waals surface area contributed by atoms with Crippen LogP contribution in [0.3, 0.4) is 0 Å². The molecule has 2 nitrogen and oxygen atoms in total. The van der Waals surface area contributed by atoms with Crippen LogP contribution in [0.2, 0.25) is 0 Å². The molecule has 0 aromatic rings. The molecule has 0 unspecified atom stereocenters. The quantitative estimate of drug-likeness (QED) is 0.550. The third-order valence-corrected chi connectivity index (χ3v) is 1.74. The molecular formula is C8H17N2+. The van der Waals surface area contributed by atoms with Crippen LogP contribution < -0.4 is 4.90 Å². The third kappa shape index (κ3) is 2.84. The number of quaternary nitrogens is 1. The average molecular weight is 141 g/mol. The van der Waals surface area contributed by atoms with E-state index < -0.39 is 0 Å². The number of hydrogen-bond donors (Lipinski definition) is 1. The topological polar surface area (TPSA) is 8.80 Å². The minimum absolute atomic E-state index is 0.564. The van der Waals surface area contributed by atoms with Gasteiger partial charge in [0.1, 0.15) is 0 Å². The van der Waals surface area contributed by atoms with Gasteiger partial charge in [0, 0.05) is 0 Å². The van der Waals surface area contributed by atoms with E-state index in [2.05, 4.69) is 32.5 Å². The smallest absolute Gasteiger partial charge is 0.264 e. The first kappa shape index (κ1) is 9.45. The van der Waals surface area contributed by atoms with Gasteiger partial charge in [0.05, 0.1) is 12.1 Å². The average Bonchev–Trinajstić information content (AvgIpc) is 1.81. The Kier molecular flexibility index (Phi) is 4.06. The molecule has 0 aliphatic rings. The zero-order valence-corrected chi connectivity index (χ0v) is 7.31. The second-order valence-corrected chi connectivity index (χ2v) is 3.20. The molecule has 0 saturated heterocycles. The summed E-state index contributed by atoms with van der Waals surface area (Å²) in [6.07, 6.45) is 0. The Morgan fingerprint density at radius 2 is 1.60 bits per heavy atom. The predicted molar refractivity (Wildman–Crippen MR) is 42.7 cm³/mol. The molecule has 0 radical (unpaired) electrons. The first-order valence-electron chi connectivity index (χ1n) is 3.78. The van der Waals surface area contributed by atoms with E-state index in [0.717, 1.165) is 0 Å². The van der Waals surface area contributed by atoms with Crippen molar-refractivity contribution in [3.05, 3.63) is 11.4 Å². The van der Waals surface area contributed by atoms with Crippen LogP contribution in [0.1, 0.15) is 27.7 Å². The van der Waals surface area contributed by atoms with Gasteiger partial charge in [-0.15, -0.1) is 0 Å².